The van der Waals surface area contributed by atoms with E-state index in [1.54, 1.807) is 18.2 Å². The molecular formula is C16H17ClN2O3. The Bertz CT molecular complexity index is 652. The summed E-state index contributed by atoms with van der Waals surface area (Å²) in [6, 6.07) is 8.83. The van der Waals surface area contributed by atoms with E-state index in [-0.39, 0.29) is 11.7 Å². The van der Waals surface area contributed by atoms with E-state index in [0.717, 1.165) is 18.1 Å². The molecule has 1 amide bonds. The van der Waals surface area contributed by atoms with E-state index in [0.29, 0.717) is 23.9 Å². The molecule has 0 aliphatic heterocycles. The third-order valence-corrected chi connectivity index (χ3v) is 3.67. The number of rotatable bonds is 7. The van der Waals surface area contributed by atoms with Crippen molar-refractivity contribution < 1.29 is 14.1 Å². The third kappa shape index (κ3) is 4.08. The van der Waals surface area contributed by atoms with Gasteiger partial charge in [-0.1, -0.05) is 28.9 Å². The largest absolute Gasteiger partial charge is 0.379 e. The Hall–Kier alpha value is -1.85. The van der Waals surface area contributed by atoms with Crippen molar-refractivity contribution in [3.63, 3.8) is 0 Å². The van der Waals surface area contributed by atoms with Gasteiger partial charge in [-0.2, -0.15) is 0 Å². The Morgan fingerprint density at radius 3 is 3.05 bits per heavy atom. The van der Waals surface area contributed by atoms with Gasteiger partial charge in [0.05, 0.1) is 6.61 Å². The maximum absolute atomic E-state index is 11.9. The molecule has 1 fully saturated rings. The van der Waals surface area contributed by atoms with E-state index in [1.165, 1.54) is 12.8 Å². The second-order valence-corrected chi connectivity index (χ2v) is 5.80. The fraction of sp³-hybridized carbons (Fsp3) is 0.375. The average Bonchev–Trinajstić information content (AvgIpc) is 3.20. The molecule has 1 heterocycles. The van der Waals surface area contributed by atoms with Crippen molar-refractivity contribution in [1.29, 1.82) is 0 Å². The standard InChI is InChI=1S/C16H17ClN2O3/c17-13-3-1-2-12(8-13)14-9-15(22-19-14)16(20)18-6-7-21-10-11-4-5-11/h1-3,8-9,11H,4-7,10H2,(H,18,20). The summed E-state index contributed by atoms with van der Waals surface area (Å²) in [4.78, 5) is 11.9. The summed E-state index contributed by atoms with van der Waals surface area (Å²) in [6.07, 6.45) is 2.52. The normalized spacial score (nSPS) is 14.0. The summed E-state index contributed by atoms with van der Waals surface area (Å²) in [5, 5.41) is 7.25. The molecular weight excluding hydrogens is 304 g/mol. The van der Waals surface area contributed by atoms with Gasteiger partial charge in [0.15, 0.2) is 0 Å². The third-order valence-electron chi connectivity index (χ3n) is 3.44. The zero-order valence-electron chi connectivity index (χ0n) is 12.0. The number of nitrogens with one attached hydrogen (secondary N) is 1. The first-order valence-electron chi connectivity index (χ1n) is 7.31. The van der Waals surface area contributed by atoms with Gasteiger partial charge in [0.1, 0.15) is 5.69 Å². The van der Waals surface area contributed by atoms with Crippen LogP contribution in [-0.4, -0.2) is 30.8 Å². The van der Waals surface area contributed by atoms with Crippen LogP contribution in [0.2, 0.25) is 5.02 Å². The first kappa shape index (κ1) is 15.1. The van der Waals surface area contributed by atoms with Gasteiger partial charge in [-0.3, -0.25) is 4.79 Å². The fourth-order valence-electron chi connectivity index (χ4n) is 2.02. The second-order valence-electron chi connectivity index (χ2n) is 5.36. The Kier molecular flexibility index (Phi) is 4.75. The SMILES string of the molecule is O=C(NCCOCC1CC1)c1cc(-c2cccc(Cl)c2)no1. The van der Waals surface area contributed by atoms with Crippen LogP contribution in [0.5, 0.6) is 0 Å². The van der Waals surface area contributed by atoms with Crippen LogP contribution in [0.25, 0.3) is 11.3 Å². The molecule has 3 rings (SSSR count). The summed E-state index contributed by atoms with van der Waals surface area (Å²) >= 11 is 5.94. The van der Waals surface area contributed by atoms with Crippen molar-refractivity contribution in [1.82, 2.24) is 10.5 Å². The van der Waals surface area contributed by atoms with Gasteiger partial charge in [0.25, 0.3) is 5.91 Å². The molecule has 5 nitrogen and oxygen atoms in total. The predicted octanol–water partition coefficient (Wildman–Crippen LogP) is 3.15. The smallest absolute Gasteiger partial charge is 0.289 e. The first-order chi connectivity index (χ1) is 10.7. The van der Waals surface area contributed by atoms with Crippen molar-refractivity contribution in [2.45, 2.75) is 12.8 Å². The zero-order valence-corrected chi connectivity index (χ0v) is 12.8. The van der Waals surface area contributed by atoms with Gasteiger partial charge >= 0.3 is 0 Å². The molecule has 2 aromatic rings. The molecule has 1 saturated carbocycles. The van der Waals surface area contributed by atoms with E-state index >= 15 is 0 Å². The monoisotopic (exact) mass is 320 g/mol. The average molecular weight is 321 g/mol. The molecule has 0 atom stereocenters. The lowest BCUT2D eigenvalue weighted by Gasteiger charge is -2.03. The number of benzene rings is 1. The number of ether oxygens (including phenoxy) is 1. The Morgan fingerprint density at radius 1 is 1.41 bits per heavy atom. The van der Waals surface area contributed by atoms with Crippen LogP contribution < -0.4 is 5.32 Å². The van der Waals surface area contributed by atoms with E-state index in [9.17, 15) is 4.79 Å². The minimum absolute atomic E-state index is 0.178. The van der Waals surface area contributed by atoms with Crippen LogP contribution in [0.4, 0.5) is 0 Å². The second kappa shape index (κ2) is 6.94. The van der Waals surface area contributed by atoms with Crippen molar-refractivity contribution in [2.24, 2.45) is 5.92 Å². The molecule has 1 aromatic carbocycles. The van der Waals surface area contributed by atoms with E-state index in [1.807, 2.05) is 12.1 Å². The minimum atomic E-state index is -0.296. The van der Waals surface area contributed by atoms with Gasteiger partial charge in [-0.15, -0.1) is 0 Å². The quantitative estimate of drug-likeness (QED) is 0.796. The van der Waals surface area contributed by atoms with Crippen LogP contribution >= 0.6 is 11.6 Å². The van der Waals surface area contributed by atoms with Crippen LogP contribution in [-0.2, 0) is 4.74 Å². The molecule has 1 N–H and O–H groups in total. The molecule has 0 saturated heterocycles. The highest BCUT2D eigenvalue weighted by Gasteiger charge is 2.21. The number of amides is 1. The van der Waals surface area contributed by atoms with Gasteiger partial charge in [0, 0.05) is 29.8 Å². The summed E-state index contributed by atoms with van der Waals surface area (Å²) in [6.45, 7) is 1.76. The molecule has 1 aliphatic rings. The van der Waals surface area contributed by atoms with Crippen molar-refractivity contribution in [3.8, 4) is 11.3 Å². The highest BCUT2D eigenvalue weighted by Crippen LogP contribution is 2.28. The van der Waals surface area contributed by atoms with E-state index in [4.69, 9.17) is 20.9 Å². The first-order valence-corrected chi connectivity index (χ1v) is 7.69. The van der Waals surface area contributed by atoms with Gasteiger partial charge in [-0.25, -0.2) is 0 Å². The molecule has 0 unspecified atom stereocenters. The molecule has 22 heavy (non-hydrogen) atoms. The fourth-order valence-corrected chi connectivity index (χ4v) is 2.21. The Balaban J connectivity index is 1.50. The Morgan fingerprint density at radius 2 is 2.27 bits per heavy atom. The van der Waals surface area contributed by atoms with Crippen molar-refractivity contribution in [3.05, 3.63) is 41.1 Å². The number of nitrogens with zero attached hydrogens (tertiary/aromatic N) is 1. The van der Waals surface area contributed by atoms with Crippen molar-refractivity contribution >= 4 is 17.5 Å². The molecule has 6 heteroatoms. The number of carbonyl (C=O) groups excluding carboxylic acids is 1. The summed E-state index contributed by atoms with van der Waals surface area (Å²) in [7, 11) is 0. The van der Waals surface area contributed by atoms with Gasteiger partial charge in [0.2, 0.25) is 5.76 Å². The summed E-state index contributed by atoms with van der Waals surface area (Å²) in [5.74, 6) is 0.609. The number of aromatic nitrogens is 1. The molecule has 0 spiro atoms. The van der Waals surface area contributed by atoms with E-state index in [2.05, 4.69) is 10.5 Å². The van der Waals surface area contributed by atoms with Gasteiger partial charge < -0.3 is 14.6 Å². The zero-order chi connectivity index (χ0) is 15.4. The number of hydrogen-bond donors (Lipinski definition) is 1. The number of carbonyl (C=O) groups is 1. The molecule has 1 aliphatic carbocycles. The lowest BCUT2D eigenvalue weighted by Crippen LogP contribution is -2.27. The van der Waals surface area contributed by atoms with Crippen LogP contribution in [0.3, 0.4) is 0 Å². The molecule has 0 bridgehead atoms. The lowest BCUT2D eigenvalue weighted by atomic mass is 10.1. The molecule has 0 radical (unpaired) electrons. The maximum atomic E-state index is 11.9. The van der Waals surface area contributed by atoms with E-state index < -0.39 is 0 Å². The van der Waals surface area contributed by atoms with Gasteiger partial charge in [-0.05, 0) is 30.9 Å². The molecule has 1 aromatic heterocycles. The number of halogens is 1. The lowest BCUT2D eigenvalue weighted by molar-refractivity contribution is 0.0872. The highest BCUT2D eigenvalue weighted by molar-refractivity contribution is 6.30. The summed E-state index contributed by atoms with van der Waals surface area (Å²) < 4.78 is 10.5. The Labute approximate surface area is 133 Å². The van der Waals surface area contributed by atoms with Crippen LogP contribution in [0, 0.1) is 5.92 Å². The number of hydrogen-bond acceptors (Lipinski definition) is 4. The highest BCUT2D eigenvalue weighted by atomic mass is 35.5. The van der Waals surface area contributed by atoms with Crippen LogP contribution in [0.1, 0.15) is 23.4 Å². The molecule has 116 valence electrons. The summed E-state index contributed by atoms with van der Waals surface area (Å²) in [5.41, 5.74) is 1.39. The maximum Gasteiger partial charge on any atom is 0.289 e. The van der Waals surface area contributed by atoms with Crippen molar-refractivity contribution in [2.75, 3.05) is 19.8 Å². The topological polar surface area (TPSA) is 64.4 Å². The predicted molar refractivity (Wildman–Crippen MR) is 82.8 cm³/mol. The minimum Gasteiger partial charge on any atom is -0.379 e. The van der Waals surface area contributed by atoms with Crippen LogP contribution in [0.15, 0.2) is 34.9 Å².